The average Bonchev–Trinajstić information content (AvgIpc) is 2.36. The van der Waals surface area contributed by atoms with Gasteiger partial charge in [-0.15, -0.1) is 0 Å². The van der Waals surface area contributed by atoms with Crippen molar-refractivity contribution in [3.05, 3.63) is 63.9 Å². The van der Waals surface area contributed by atoms with Crippen molar-refractivity contribution in [3.8, 4) is 0 Å². The highest BCUT2D eigenvalue weighted by Crippen LogP contribution is 2.30. The van der Waals surface area contributed by atoms with Gasteiger partial charge in [0, 0.05) is 17.3 Å². The molecule has 0 saturated heterocycles. The van der Waals surface area contributed by atoms with Crippen LogP contribution in [0.5, 0.6) is 0 Å². The normalized spacial score (nSPS) is 11.4. The Hall–Kier alpha value is -1.88. The molecular weight excluding hydrogens is 291 g/mol. The number of rotatable bonds is 2. The molecule has 20 heavy (non-hydrogen) atoms. The van der Waals surface area contributed by atoms with Crippen LogP contribution in [-0.2, 0) is 6.18 Å². The Morgan fingerprint density at radius 3 is 2.45 bits per heavy atom. The van der Waals surface area contributed by atoms with Crippen LogP contribution in [0.25, 0.3) is 0 Å². The summed E-state index contributed by atoms with van der Waals surface area (Å²) in [5.74, 6) is -0.388. The minimum atomic E-state index is -4.42. The van der Waals surface area contributed by atoms with Gasteiger partial charge in [0.05, 0.1) is 5.56 Å². The molecule has 0 amide bonds. The third-order valence-electron chi connectivity index (χ3n) is 2.79. The number of hydrogen-bond acceptors (Lipinski definition) is 2. The van der Waals surface area contributed by atoms with E-state index in [-0.39, 0.29) is 27.6 Å². The molecule has 0 saturated carbocycles. The molecule has 0 N–H and O–H groups in total. The Kier molecular flexibility index (Phi) is 3.81. The number of carbonyl (C=O) groups excluding carboxylic acids is 1. The number of aromatic nitrogens is 1. The first-order valence-corrected chi connectivity index (χ1v) is 6.01. The van der Waals surface area contributed by atoms with E-state index < -0.39 is 11.7 Å². The van der Waals surface area contributed by atoms with Crippen LogP contribution < -0.4 is 0 Å². The number of halogens is 4. The predicted octanol–water partition coefficient (Wildman–Crippen LogP) is 4.29. The van der Waals surface area contributed by atoms with Gasteiger partial charge in [0.25, 0.3) is 0 Å². The third-order valence-corrected chi connectivity index (χ3v) is 2.99. The van der Waals surface area contributed by atoms with E-state index in [1.807, 2.05) is 0 Å². The number of alkyl halides is 3. The van der Waals surface area contributed by atoms with Crippen molar-refractivity contribution in [1.29, 1.82) is 0 Å². The number of nitrogens with zero attached hydrogens (tertiary/aromatic N) is 1. The molecule has 1 aromatic heterocycles. The molecule has 2 rings (SSSR count). The van der Waals surface area contributed by atoms with E-state index in [0.717, 1.165) is 12.1 Å². The van der Waals surface area contributed by atoms with Crippen molar-refractivity contribution in [2.75, 3.05) is 0 Å². The summed E-state index contributed by atoms with van der Waals surface area (Å²) in [7, 11) is 0. The molecule has 0 unspecified atom stereocenters. The molecule has 0 aliphatic carbocycles. The van der Waals surface area contributed by atoms with E-state index in [4.69, 9.17) is 11.6 Å². The van der Waals surface area contributed by atoms with E-state index >= 15 is 0 Å². The van der Waals surface area contributed by atoms with Crippen LogP contribution in [0.15, 0.2) is 36.5 Å². The first-order chi connectivity index (χ1) is 9.29. The van der Waals surface area contributed by atoms with E-state index in [2.05, 4.69) is 4.98 Å². The van der Waals surface area contributed by atoms with E-state index in [1.165, 1.54) is 31.3 Å². The smallest absolute Gasteiger partial charge is 0.289 e. The zero-order valence-corrected chi connectivity index (χ0v) is 11.1. The molecule has 2 nitrogen and oxygen atoms in total. The van der Waals surface area contributed by atoms with Crippen molar-refractivity contribution in [3.63, 3.8) is 0 Å². The lowest BCUT2D eigenvalue weighted by atomic mass is 9.98. The zero-order valence-electron chi connectivity index (χ0n) is 10.3. The summed E-state index contributed by atoms with van der Waals surface area (Å²) in [6, 6.07) is 5.86. The highest BCUT2D eigenvalue weighted by molar-refractivity contribution is 6.30. The summed E-state index contributed by atoms with van der Waals surface area (Å²) < 4.78 is 37.7. The van der Waals surface area contributed by atoms with Gasteiger partial charge in [-0.25, -0.2) is 4.98 Å². The van der Waals surface area contributed by atoms with Crippen molar-refractivity contribution in [1.82, 2.24) is 4.98 Å². The number of hydrogen-bond donors (Lipinski definition) is 0. The number of aryl methyl sites for hydroxylation is 1. The fraction of sp³-hybridized carbons (Fsp3) is 0.143. The van der Waals surface area contributed by atoms with Crippen molar-refractivity contribution in [2.24, 2.45) is 0 Å². The van der Waals surface area contributed by atoms with Crippen LogP contribution in [0.3, 0.4) is 0 Å². The second-order valence-electron chi connectivity index (χ2n) is 4.22. The molecule has 1 aromatic carbocycles. The molecular formula is C14H9ClF3NO. The van der Waals surface area contributed by atoms with Gasteiger partial charge < -0.3 is 0 Å². The molecule has 0 radical (unpaired) electrons. The monoisotopic (exact) mass is 299 g/mol. The molecule has 6 heteroatoms. The summed E-state index contributed by atoms with van der Waals surface area (Å²) in [6.45, 7) is 1.46. The average molecular weight is 300 g/mol. The van der Waals surface area contributed by atoms with Crippen molar-refractivity contribution < 1.29 is 18.0 Å². The van der Waals surface area contributed by atoms with Crippen LogP contribution >= 0.6 is 11.6 Å². The number of pyridine rings is 1. The van der Waals surface area contributed by atoms with Gasteiger partial charge in [0.2, 0.25) is 0 Å². The van der Waals surface area contributed by atoms with Crippen LogP contribution in [-0.4, -0.2) is 10.8 Å². The molecule has 0 bridgehead atoms. The van der Waals surface area contributed by atoms with Crippen LogP contribution in [0.2, 0.25) is 5.15 Å². The van der Waals surface area contributed by atoms with E-state index in [9.17, 15) is 18.0 Å². The molecule has 0 aliphatic rings. The van der Waals surface area contributed by atoms with E-state index in [0.29, 0.717) is 0 Å². The number of benzene rings is 1. The molecule has 0 fully saturated rings. The first kappa shape index (κ1) is 14.5. The third kappa shape index (κ3) is 2.99. The van der Waals surface area contributed by atoms with Gasteiger partial charge >= 0.3 is 6.18 Å². The number of ketones is 1. The maximum atomic E-state index is 12.6. The molecule has 104 valence electrons. The summed E-state index contributed by atoms with van der Waals surface area (Å²) in [5, 5.41) is 0.153. The fourth-order valence-corrected chi connectivity index (χ4v) is 1.97. The Bertz CT molecular complexity index is 668. The Morgan fingerprint density at radius 1 is 1.20 bits per heavy atom. The van der Waals surface area contributed by atoms with Gasteiger partial charge in [0.15, 0.2) is 5.78 Å². The second-order valence-corrected chi connectivity index (χ2v) is 4.61. The molecule has 1 heterocycles. The van der Waals surface area contributed by atoms with Gasteiger partial charge in [-0.3, -0.25) is 4.79 Å². The van der Waals surface area contributed by atoms with Gasteiger partial charge in [-0.1, -0.05) is 17.7 Å². The summed E-state index contributed by atoms with van der Waals surface area (Å²) in [4.78, 5) is 16.0. The summed E-state index contributed by atoms with van der Waals surface area (Å²) in [5.41, 5.74) is -0.0230. The number of carbonyl (C=O) groups is 1. The van der Waals surface area contributed by atoms with E-state index in [1.54, 1.807) is 0 Å². The first-order valence-electron chi connectivity index (χ1n) is 5.63. The maximum Gasteiger partial charge on any atom is 0.416 e. The SMILES string of the molecule is Cc1cc(C(F)(F)F)ccc1C(=O)c1ccnc(Cl)c1. The quantitative estimate of drug-likeness (QED) is 0.611. The molecule has 0 aliphatic heterocycles. The van der Waals surface area contributed by atoms with Gasteiger partial charge in [-0.05, 0) is 36.8 Å². The summed E-state index contributed by atoms with van der Waals surface area (Å²) >= 11 is 5.69. The van der Waals surface area contributed by atoms with Gasteiger partial charge in [-0.2, -0.15) is 13.2 Å². The minimum Gasteiger partial charge on any atom is -0.289 e. The lowest BCUT2D eigenvalue weighted by Gasteiger charge is -2.10. The lowest BCUT2D eigenvalue weighted by molar-refractivity contribution is -0.137. The van der Waals surface area contributed by atoms with Crippen LogP contribution in [0.1, 0.15) is 27.0 Å². The Balaban J connectivity index is 2.41. The fourth-order valence-electron chi connectivity index (χ4n) is 1.79. The highest BCUT2D eigenvalue weighted by Gasteiger charge is 2.31. The standard InChI is InChI=1S/C14H9ClF3NO/c1-8-6-10(14(16,17)18)2-3-11(8)13(20)9-4-5-19-12(15)7-9/h2-7H,1H3. The highest BCUT2D eigenvalue weighted by atomic mass is 35.5. The largest absolute Gasteiger partial charge is 0.416 e. The Morgan fingerprint density at radius 2 is 1.90 bits per heavy atom. The predicted molar refractivity (Wildman–Crippen MR) is 68.9 cm³/mol. The molecule has 0 spiro atoms. The van der Waals surface area contributed by atoms with Crippen molar-refractivity contribution in [2.45, 2.75) is 13.1 Å². The molecule has 2 aromatic rings. The minimum absolute atomic E-state index is 0.153. The lowest BCUT2D eigenvalue weighted by Crippen LogP contribution is -2.09. The van der Waals surface area contributed by atoms with Crippen molar-refractivity contribution >= 4 is 17.4 Å². The topological polar surface area (TPSA) is 30.0 Å². The van der Waals surface area contributed by atoms with Crippen LogP contribution in [0.4, 0.5) is 13.2 Å². The molecule has 0 atom stereocenters. The van der Waals surface area contributed by atoms with Crippen LogP contribution in [0, 0.1) is 6.92 Å². The van der Waals surface area contributed by atoms with Gasteiger partial charge in [0.1, 0.15) is 5.15 Å². The Labute approximate surface area is 118 Å². The zero-order chi connectivity index (χ0) is 14.9. The second kappa shape index (κ2) is 5.25. The maximum absolute atomic E-state index is 12.6. The summed E-state index contributed by atoms with van der Waals surface area (Å²) in [6.07, 6.45) is -3.05.